The third-order valence-corrected chi connectivity index (χ3v) is 6.09. The molecule has 3 aromatic rings. The first-order chi connectivity index (χ1) is 15.3. The lowest BCUT2D eigenvalue weighted by molar-refractivity contribution is -0.123. The van der Waals surface area contributed by atoms with Gasteiger partial charge in [0, 0.05) is 11.1 Å². The highest BCUT2D eigenvalue weighted by molar-refractivity contribution is 7.89. The summed E-state index contributed by atoms with van der Waals surface area (Å²) in [5.74, 6) is -0.687. The van der Waals surface area contributed by atoms with Gasteiger partial charge in [0.05, 0.1) is 4.90 Å². The van der Waals surface area contributed by atoms with Crippen molar-refractivity contribution in [3.63, 3.8) is 0 Å². The maximum absolute atomic E-state index is 12.5. The van der Waals surface area contributed by atoms with Gasteiger partial charge in [0.25, 0.3) is 11.8 Å². The molecule has 0 saturated carbocycles. The van der Waals surface area contributed by atoms with Gasteiger partial charge in [-0.1, -0.05) is 54.6 Å². The predicted octanol–water partition coefficient (Wildman–Crippen LogP) is 2.41. The maximum atomic E-state index is 12.5. The maximum Gasteiger partial charge on any atom is 0.276 e. The van der Waals surface area contributed by atoms with Crippen LogP contribution >= 0.6 is 0 Å². The fraction of sp³-hybridized carbons (Fsp3) is 0.130. The monoisotopic (exact) mass is 453 g/mol. The number of aryl methyl sites for hydroxylation is 1. The molecule has 0 aliphatic carbocycles. The SMILES string of the molecule is CNS(=O)(=O)c1ccc(C)c(C(=O)NNC(=O)COc2ccccc2-c2ccccc2)c1. The number of rotatable bonds is 7. The zero-order valence-corrected chi connectivity index (χ0v) is 18.4. The highest BCUT2D eigenvalue weighted by Gasteiger charge is 2.17. The first kappa shape index (κ1) is 23.0. The number of carbonyl (C=O) groups is 2. The molecule has 2 amide bonds. The van der Waals surface area contributed by atoms with Crippen LogP contribution in [0.2, 0.25) is 0 Å². The van der Waals surface area contributed by atoms with E-state index in [9.17, 15) is 18.0 Å². The molecule has 0 heterocycles. The predicted molar refractivity (Wildman–Crippen MR) is 120 cm³/mol. The Morgan fingerprint density at radius 3 is 2.31 bits per heavy atom. The molecular weight excluding hydrogens is 430 g/mol. The van der Waals surface area contributed by atoms with Gasteiger partial charge in [0.2, 0.25) is 10.0 Å². The van der Waals surface area contributed by atoms with Crippen molar-refractivity contribution in [2.24, 2.45) is 0 Å². The fourth-order valence-corrected chi connectivity index (χ4v) is 3.71. The molecule has 0 aliphatic heterocycles. The second-order valence-electron chi connectivity index (χ2n) is 6.84. The Bertz CT molecular complexity index is 1230. The van der Waals surface area contributed by atoms with E-state index in [4.69, 9.17) is 4.74 Å². The summed E-state index contributed by atoms with van der Waals surface area (Å²) in [6.45, 7) is 1.34. The number of hydrogen-bond donors (Lipinski definition) is 3. The van der Waals surface area contributed by atoms with Gasteiger partial charge in [-0.05, 0) is 43.3 Å². The van der Waals surface area contributed by atoms with Crippen molar-refractivity contribution < 1.29 is 22.7 Å². The Morgan fingerprint density at radius 2 is 1.59 bits per heavy atom. The third kappa shape index (κ3) is 5.51. The van der Waals surface area contributed by atoms with Crippen LogP contribution in [0.1, 0.15) is 15.9 Å². The number of para-hydroxylation sites is 1. The Hall–Kier alpha value is -3.69. The van der Waals surface area contributed by atoms with E-state index < -0.39 is 21.8 Å². The van der Waals surface area contributed by atoms with Crippen LogP contribution in [0.15, 0.2) is 77.7 Å². The Labute approximate surface area is 186 Å². The van der Waals surface area contributed by atoms with Crippen LogP contribution in [0.5, 0.6) is 5.75 Å². The summed E-state index contributed by atoms with van der Waals surface area (Å²) in [5.41, 5.74) is 7.03. The molecule has 0 aromatic heterocycles. The van der Waals surface area contributed by atoms with E-state index in [0.717, 1.165) is 11.1 Å². The van der Waals surface area contributed by atoms with Crippen molar-refractivity contribution in [2.75, 3.05) is 13.7 Å². The first-order valence-corrected chi connectivity index (χ1v) is 11.2. The van der Waals surface area contributed by atoms with E-state index in [-0.39, 0.29) is 17.1 Å². The summed E-state index contributed by atoms with van der Waals surface area (Å²) in [6.07, 6.45) is 0. The lowest BCUT2D eigenvalue weighted by Crippen LogP contribution is -2.44. The summed E-state index contributed by atoms with van der Waals surface area (Å²) in [7, 11) is -2.42. The number of nitrogens with one attached hydrogen (secondary N) is 3. The molecule has 166 valence electrons. The summed E-state index contributed by atoms with van der Waals surface area (Å²) in [6, 6.07) is 21.1. The van der Waals surface area contributed by atoms with Crippen LogP contribution in [0.25, 0.3) is 11.1 Å². The van der Waals surface area contributed by atoms with Crippen LogP contribution in [-0.2, 0) is 14.8 Å². The minimum Gasteiger partial charge on any atom is -0.483 e. The Kier molecular flexibility index (Phi) is 7.24. The molecule has 0 saturated heterocycles. The fourth-order valence-electron chi connectivity index (χ4n) is 2.95. The highest BCUT2D eigenvalue weighted by atomic mass is 32.2. The van der Waals surface area contributed by atoms with Crippen LogP contribution in [0.3, 0.4) is 0 Å². The molecule has 0 spiro atoms. The molecule has 0 atom stereocenters. The van der Waals surface area contributed by atoms with Crippen molar-refractivity contribution in [1.29, 1.82) is 0 Å². The standard InChI is InChI=1S/C23H23N3O5S/c1-16-12-13-18(32(29,30)24-2)14-20(16)23(28)26-25-22(27)15-31-21-11-7-6-10-19(21)17-8-4-3-5-9-17/h3-14,24H,15H2,1-2H3,(H,25,27)(H,26,28). The number of hydrazine groups is 1. The van der Waals surface area contributed by atoms with E-state index in [0.29, 0.717) is 11.3 Å². The average molecular weight is 454 g/mol. The zero-order valence-electron chi connectivity index (χ0n) is 17.6. The number of amides is 2. The smallest absolute Gasteiger partial charge is 0.276 e. The Balaban J connectivity index is 1.62. The lowest BCUT2D eigenvalue weighted by Gasteiger charge is -2.13. The largest absolute Gasteiger partial charge is 0.483 e. The van der Waals surface area contributed by atoms with Crippen molar-refractivity contribution in [3.05, 3.63) is 83.9 Å². The second-order valence-corrected chi connectivity index (χ2v) is 8.72. The highest BCUT2D eigenvalue weighted by Crippen LogP contribution is 2.29. The van der Waals surface area contributed by atoms with E-state index in [2.05, 4.69) is 15.6 Å². The van der Waals surface area contributed by atoms with Gasteiger partial charge in [-0.15, -0.1) is 0 Å². The number of hydrogen-bond acceptors (Lipinski definition) is 5. The van der Waals surface area contributed by atoms with Gasteiger partial charge in [-0.3, -0.25) is 20.4 Å². The molecule has 0 aliphatic rings. The molecule has 3 rings (SSSR count). The lowest BCUT2D eigenvalue weighted by atomic mass is 10.1. The van der Waals surface area contributed by atoms with E-state index in [1.165, 1.54) is 25.2 Å². The van der Waals surface area contributed by atoms with Gasteiger partial charge >= 0.3 is 0 Å². The van der Waals surface area contributed by atoms with Crippen LogP contribution in [-0.4, -0.2) is 33.9 Å². The second kappa shape index (κ2) is 10.1. The van der Waals surface area contributed by atoms with Crippen LogP contribution in [0.4, 0.5) is 0 Å². The molecule has 0 unspecified atom stereocenters. The molecule has 8 nitrogen and oxygen atoms in total. The normalized spacial score (nSPS) is 10.9. The molecule has 32 heavy (non-hydrogen) atoms. The number of carbonyl (C=O) groups excluding carboxylic acids is 2. The summed E-state index contributed by atoms with van der Waals surface area (Å²) in [4.78, 5) is 24.6. The van der Waals surface area contributed by atoms with Crippen molar-refractivity contribution in [2.45, 2.75) is 11.8 Å². The van der Waals surface area contributed by atoms with Gasteiger partial charge in [0.15, 0.2) is 6.61 Å². The number of ether oxygens (including phenoxy) is 1. The molecule has 0 bridgehead atoms. The van der Waals surface area contributed by atoms with Gasteiger partial charge < -0.3 is 4.74 Å². The molecule has 0 radical (unpaired) electrons. The minimum absolute atomic E-state index is 0.0528. The summed E-state index contributed by atoms with van der Waals surface area (Å²) in [5, 5.41) is 0. The van der Waals surface area contributed by atoms with Gasteiger partial charge in [-0.25, -0.2) is 13.1 Å². The van der Waals surface area contributed by atoms with Crippen LogP contribution in [0, 0.1) is 6.92 Å². The first-order valence-electron chi connectivity index (χ1n) is 9.72. The molecule has 9 heteroatoms. The van der Waals surface area contributed by atoms with Crippen molar-refractivity contribution >= 4 is 21.8 Å². The molecule has 3 N–H and O–H groups in total. The quantitative estimate of drug-likeness (QED) is 0.476. The van der Waals surface area contributed by atoms with Crippen LogP contribution < -0.4 is 20.3 Å². The molecule has 3 aromatic carbocycles. The van der Waals surface area contributed by atoms with E-state index in [1.54, 1.807) is 19.1 Å². The van der Waals surface area contributed by atoms with Gasteiger partial charge in [-0.2, -0.15) is 0 Å². The molecular formula is C23H23N3O5S. The average Bonchev–Trinajstić information content (AvgIpc) is 2.82. The number of benzene rings is 3. The Morgan fingerprint density at radius 1 is 0.906 bits per heavy atom. The summed E-state index contributed by atoms with van der Waals surface area (Å²) < 4.78 is 31.8. The van der Waals surface area contributed by atoms with Crippen molar-refractivity contribution in [1.82, 2.24) is 15.6 Å². The molecule has 0 fully saturated rings. The van der Waals surface area contributed by atoms with Crippen molar-refractivity contribution in [3.8, 4) is 16.9 Å². The topological polar surface area (TPSA) is 114 Å². The van der Waals surface area contributed by atoms with E-state index >= 15 is 0 Å². The van der Waals surface area contributed by atoms with E-state index in [1.807, 2.05) is 42.5 Å². The number of sulfonamides is 1. The zero-order chi connectivity index (χ0) is 23.1. The minimum atomic E-state index is -3.71. The third-order valence-electron chi connectivity index (χ3n) is 4.68. The van der Waals surface area contributed by atoms with Gasteiger partial charge in [0.1, 0.15) is 5.75 Å². The summed E-state index contributed by atoms with van der Waals surface area (Å²) >= 11 is 0.